The molecule has 0 aromatic carbocycles. The molecular weight excluding hydrogens is 470 g/mol. The lowest BCUT2D eigenvalue weighted by molar-refractivity contribution is -0.685. The Morgan fingerprint density at radius 2 is 2.15 bits per heavy atom. The maximum absolute atomic E-state index is 12.8. The van der Waals surface area contributed by atoms with Crippen molar-refractivity contribution in [2.75, 3.05) is 23.4 Å². The second kappa shape index (κ2) is 9.79. The van der Waals surface area contributed by atoms with Gasteiger partial charge in [-0.3, -0.25) is 9.69 Å². The highest BCUT2D eigenvalue weighted by Gasteiger charge is 2.52. The predicted molar refractivity (Wildman–Crippen MR) is 115 cm³/mol. The number of nitrogens with zero attached hydrogens (tertiary/aromatic N) is 6. The largest absolute Gasteiger partial charge is 0.543 e. The van der Waals surface area contributed by atoms with Crippen LogP contribution in [0.1, 0.15) is 6.92 Å². The summed E-state index contributed by atoms with van der Waals surface area (Å²) >= 11 is 2.78. The summed E-state index contributed by atoms with van der Waals surface area (Å²) in [4.78, 5) is 37.6. The lowest BCUT2D eigenvalue weighted by Gasteiger charge is -2.51. The second-order valence-corrected chi connectivity index (χ2v) is 9.26. The van der Waals surface area contributed by atoms with Crippen LogP contribution in [0.5, 0.6) is 0 Å². The number of ether oxygens (including phenoxy) is 1. The van der Waals surface area contributed by atoms with Gasteiger partial charge in [0, 0.05) is 36.4 Å². The minimum absolute atomic E-state index is 0.0789. The Morgan fingerprint density at radius 3 is 2.79 bits per heavy atom. The normalized spacial score (nSPS) is 19.7. The van der Waals surface area contributed by atoms with E-state index in [9.17, 15) is 19.5 Å². The summed E-state index contributed by atoms with van der Waals surface area (Å²) in [6.07, 6.45) is 3.41. The van der Waals surface area contributed by atoms with Gasteiger partial charge in [0.25, 0.3) is 5.91 Å². The molecule has 2 atom stereocenters. The molecule has 0 saturated carbocycles. The number of carbonyl (C=O) groups excluding carboxylic acids is 3. The van der Waals surface area contributed by atoms with Gasteiger partial charge in [0.05, 0.1) is 18.3 Å². The van der Waals surface area contributed by atoms with E-state index >= 15 is 0 Å². The van der Waals surface area contributed by atoms with Crippen LogP contribution >= 0.6 is 23.5 Å². The Balaban J connectivity index is 1.42. The number of aromatic nitrogens is 5. The van der Waals surface area contributed by atoms with E-state index in [1.54, 1.807) is 43.1 Å². The molecule has 4 heterocycles. The van der Waals surface area contributed by atoms with E-state index in [2.05, 4.69) is 20.8 Å². The molecule has 0 radical (unpaired) electrons. The number of nitrogens with one attached hydrogen (secondary N) is 1. The lowest BCUT2D eigenvalue weighted by atomic mass is 10.0. The highest BCUT2D eigenvalue weighted by atomic mass is 32.2. The summed E-state index contributed by atoms with van der Waals surface area (Å²) < 4.78 is 8.09. The van der Waals surface area contributed by atoms with E-state index in [1.165, 1.54) is 33.1 Å². The van der Waals surface area contributed by atoms with Gasteiger partial charge in [0.2, 0.25) is 11.7 Å². The molecule has 0 spiro atoms. The number of aryl methyl sites for hydroxylation is 1. The lowest BCUT2D eigenvalue weighted by Crippen LogP contribution is -2.68. The van der Waals surface area contributed by atoms with Gasteiger partial charge in [-0.2, -0.15) is 4.57 Å². The van der Waals surface area contributed by atoms with Gasteiger partial charge in [0.1, 0.15) is 11.4 Å². The fraction of sp³-hybridized carbons (Fsp3) is 0.421. The molecule has 2 aliphatic heterocycles. The van der Waals surface area contributed by atoms with Crippen molar-refractivity contribution in [3.63, 3.8) is 0 Å². The third-order valence-corrected chi connectivity index (χ3v) is 7.46. The van der Waals surface area contributed by atoms with E-state index in [1.807, 2.05) is 0 Å². The molecule has 2 aliphatic rings. The van der Waals surface area contributed by atoms with Gasteiger partial charge in [-0.05, 0) is 22.9 Å². The zero-order valence-electron chi connectivity index (χ0n) is 17.8. The molecule has 0 aliphatic carbocycles. The molecule has 0 bridgehead atoms. The SMILES string of the molecule is CCOC(=O)C[n+]1ccc(N[C@@H]2C(=O)N3C(C(=O)[O-])=C(CSc4nnnn4C)CS[C@H]23)cc1. The summed E-state index contributed by atoms with van der Waals surface area (Å²) in [6.45, 7) is 2.15. The molecule has 0 unspecified atom stereocenters. The van der Waals surface area contributed by atoms with Crippen LogP contribution in [0.25, 0.3) is 0 Å². The second-order valence-electron chi connectivity index (χ2n) is 7.21. The monoisotopic (exact) mass is 491 g/mol. The Kier molecular flexibility index (Phi) is 6.83. The number of fused-ring (bicyclic) bond motifs is 1. The van der Waals surface area contributed by atoms with Crippen molar-refractivity contribution in [3.05, 3.63) is 35.8 Å². The Morgan fingerprint density at radius 1 is 1.39 bits per heavy atom. The van der Waals surface area contributed by atoms with Gasteiger partial charge in [-0.25, -0.2) is 9.48 Å². The van der Waals surface area contributed by atoms with Crippen LogP contribution in [-0.4, -0.2) is 72.5 Å². The highest BCUT2D eigenvalue weighted by Crippen LogP contribution is 2.42. The first kappa shape index (κ1) is 23.0. The van der Waals surface area contributed by atoms with Crippen molar-refractivity contribution >= 4 is 47.1 Å². The van der Waals surface area contributed by atoms with Crippen LogP contribution in [0.2, 0.25) is 0 Å². The highest BCUT2D eigenvalue weighted by molar-refractivity contribution is 8.01. The third-order valence-electron chi connectivity index (χ3n) is 5.03. The molecular formula is C19H21N7O5S2. The number of pyridine rings is 1. The van der Waals surface area contributed by atoms with E-state index in [4.69, 9.17) is 4.74 Å². The maximum Gasteiger partial charge on any atom is 0.372 e. The number of aliphatic carboxylic acids is 1. The summed E-state index contributed by atoms with van der Waals surface area (Å²) in [5.41, 5.74) is 1.20. The summed E-state index contributed by atoms with van der Waals surface area (Å²) in [5.74, 6) is -1.27. The molecule has 33 heavy (non-hydrogen) atoms. The minimum Gasteiger partial charge on any atom is -0.543 e. The smallest absolute Gasteiger partial charge is 0.372 e. The summed E-state index contributed by atoms with van der Waals surface area (Å²) in [7, 11) is 1.69. The first-order valence-corrected chi connectivity index (χ1v) is 12.1. The third kappa shape index (κ3) is 4.80. The first-order valence-electron chi connectivity index (χ1n) is 10.0. The number of carboxylic acids is 1. The van der Waals surface area contributed by atoms with Crippen molar-refractivity contribution in [2.24, 2.45) is 7.05 Å². The number of thioether (sulfide) groups is 2. The Hall–Kier alpha value is -3.13. The van der Waals surface area contributed by atoms with Crippen LogP contribution in [0.4, 0.5) is 5.69 Å². The van der Waals surface area contributed by atoms with Gasteiger partial charge in [-0.1, -0.05) is 11.8 Å². The number of amides is 1. The van der Waals surface area contributed by atoms with Crippen LogP contribution in [0.3, 0.4) is 0 Å². The number of tetrazole rings is 1. The summed E-state index contributed by atoms with van der Waals surface area (Å²) in [6, 6.07) is 2.92. The average molecular weight is 492 g/mol. The molecule has 1 fully saturated rings. The molecule has 14 heteroatoms. The van der Waals surface area contributed by atoms with Crippen molar-refractivity contribution in [1.82, 2.24) is 25.1 Å². The van der Waals surface area contributed by atoms with Crippen molar-refractivity contribution < 1.29 is 28.8 Å². The molecule has 1 N–H and O–H groups in total. The van der Waals surface area contributed by atoms with Gasteiger partial charge < -0.3 is 20.0 Å². The van der Waals surface area contributed by atoms with E-state index in [-0.39, 0.29) is 29.5 Å². The fourth-order valence-electron chi connectivity index (χ4n) is 3.47. The zero-order chi connectivity index (χ0) is 23.5. The van der Waals surface area contributed by atoms with E-state index in [0.717, 1.165) is 0 Å². The Labute approximate surface area is 197 Å². The van der Waals surface area contributed by atoms with Crippen LogP contribution in [0, 0.1) is 0 Å². The first-order chi connectivity index (χ1) is 15.9. The number of β-lactam (4-membered cyclic amide) rings is 1. The minimum atomic E-state index is -1.38. The zero-order valence-corrected chi connectivity index (χ0v) is 19.5. The molecule has 2 aromatic rings. The van der Waals surface area contributed by atoms with Crippen LogP contribution in [0.15, 0.2) is 41.0 Å². The van der Waals surface area contributed by atoms with Crippen LogP contribution in [-0.2, 0) is 32.7 Å². The molecule has 12 nitrogen and oxygen atoms in total. The van der Waals surface area contributed by atoms with E-state index < -0.39 is 12.0 Å². The number of carboxylic acid groups (broad SMARTS) is 1. The van der Waals surface area contributed by atoms with Crippen molar-refractivity contribution in [1.29, 1.82) is 0 Å². The molecule has 1 saturated heterocycles. The Bertz CT molecular complexity index is 1100. The van der Waals surface area contributed by atoms with Crippen LogP contribution < -0.4 is 15.0 Å². The topological polar surface area (TPSA) is 146 Å². The van der Waals surface area contributed by atoms with Crippen molar-refractivity contribution in [3.8, 4) is 0 Å². The molecule has 2 aromatic heterocycles. The standard InChI is InChI=1S/C19H21N7O5S2/c1-3-31-13(27)8-25-6-4-12(5-7-25)20-14-16(28)26-15(18(29)30)11(9-32-17(14)26)10-33-19-21-22-23-24(19)2/h4-7,14,17H,3,8-10H2,1-2H3,(H,29,30)/t14-,17-/m1/s1. The van der Waals surface area contributed by atoms with Gasteiger partial charge in [0.15, 0.2) is 12.4 Å². The number of anilines is 1. The number of hydrogen-bond donors (Lipinski definition) is 1. The molecule has 4 rings (SSSR count). The number of hydrogen-bond acceptors (Lipinski definition) is 11. The quantitative estimate of drug-likeness (QED) is 0.190. The average Bonchev–Trinajstić information content (AvgIpc) is 3.21. The maximum atomic E-state index is 12.8. The van der Waals surface area contributed by atoms with Gasteiger partial charge >= 0.3 is 5.97 Å². The summed E-state index contributed by atoms with van der Waals surface area (Å²) in [5, 5.41) is 26.4. The number of carbonyl (C=O) groups is 3. The predicted octanol–water partition coefficient (Wildman–Crippen LogP) is -1.45. The molecule has 1 amide bonds. The fourth-order valence-corrected chi connectivity index (χ4v) is 5.81. The van der Waals surface area contributed by atoms with Crippen molar-refractivity contribution in [2.45, 2.75) is 30.0 Å². The van der Waals surface area contributed by atoms with E-state index in [0.29, 0.717) is 34.5 Å². The molecule has 174 valence electrons. The number of rotatable bonds is 9. The van der Waals surface area contributed by atoms with Gasteiger partial charge in [-0.15, -0.1) is 16.9 Å². The number of esters is 1.